The van der Waals surface area contributed by atoms with E-state index in [4.69, 9.17) is 14.9 Å². The van der Waals surface area contributed by atoms with E-state index < -0.39 is 0 Å². The van der Waals surface area contributed by atoms with Crippen LogP contribution in [0.15, 0.2) is 47.1 Å². The summed E-state index contributed by atoms with van der Waals surface area (Å²) < 4.78 is 10.6. The first-order chi connectivity index (χ1) is 8.81. The third-order valence-electron chi connectivity index (χ3n) is 2.66. The minimum Gasteiger partial charge on any atom is -0.496 e. The van der Waals surface area contributed by atoms with Crippen molar-refractivity contribution in [1.82, 2.24) is 0 Å². The lowest BCUT2D eigenvalue weighted by Crippen LogP contribution is -2.14. The number of benzene rings is 1. The molecule has 3 nitrogen and oxygen atoms in total. The fourth-order valence-electron chi connectivity index (χ4n) is 1.74. The molecule has 0 aliphatic heterocycles. The van der Waals surface area contributed by atoms with Crippen LogP contribution >= 0.6 is 11.8 Å². The SMILES string of the molecule is COc1ccccc1C(N)CSCc1ccco1. The average Bonchev–Trinajstić information content (AvgIpc) is 2.91. The first kappa shape index (κ1) is 13.1. The molecular formula is C14H17NO2S. The van der Waals surface area contributed by atoms with Crippen molar-refractivity contribution < 1.29 is 9.15 Å². The topological polar surface area (TPSA) is 48.4 Å². The van der Waals surface area contributed by atoms with Crippen LogP contribution < -0.4 is 10.5 Å². The molecule has 0 aliphatic carbocycles. The summed E-state index contributed by atoms with van der Waals surface area (Å²) in [6.45, 7) is 0. The van der Waals surface area contributed by atoms with Gasteiger partial charge in [0.2, 0.25) is 0 Å². The van der Waals surface area contributed by atoms with Gasteiger partial charge in [-0.1, -0.05) is 18.2 Å². The van der Waals surface area contributed by atoms with E-state index >= 15 is 0 Å². The highest BCUT2D eigenvalue weighted by Gasteiger charge is 2.11. The first-order valence-corrected chi connectivity index (χ1v) is 6.95. The van der Waals surface area contributed by atoms with Gasteiger partial charge in [-0.05, 0) is 18.2 Å². The fraction of sp³-hybridized carbons (Fsp3) is 0.286. The zero-order valence-corrected chi connectivity index (χ0v) is 11.2. The van der Waals surface area contributed by atoms with Gasteiger partial charge in [0.1, 0.15) is 11.5 Å². The molecule has 96 valence electrons. The predicted molar refractivity (Wildman–Crippen MR) is 74.8 cm³/mol. The van der Waals surface area contributed by atoms with Crippen molar-refractivity contribution in [2.24, 2.45) is 5.73 Å². The quantitative estimate of drug-likeness (QED) is 0.869. The number of hydrogen-bond donors (Lipinski definition) is 1. The lowest BCUT2D eigenvalue weighted by Gasteiger charge is -2.14. The molecule has 2 aromatic rings. The van der Waals surface area contributed by atoms with Crippen LogP contribution in [0.4, 0.5) is 0 Å². The third kappa shape index (κ3) is 3.31. The second-order valence-electron chi connectivity index (χ2n) is 3.94. The van der Waals surface area contributed by atoms with E-state index in [1.165, 1.54) is 0 Å². The minimum atomic E-state index is -0.0267. The maximum absolute atomic E-state index is 6.18. The van der Waals surface area contributed by atoms with E-state index in [2.05, 4.69) is 0 Å². The van der Waals surface area contributed by atoms with Crippen LogP contribution in [-0.2, 0) is 5.75 Å². The molecule has 0 spiro atoms. The molecule has 0 saturated heterocycles. The van der Waals surface area contributed by atoms with Crippen LogP contribution in [0, 0.1) is 0 Å². The molecule has 0 saturated carbocycles. The molecule has 0 fully saturated rings. The summed E-state index contributed by atoms with van der Waals surface area (Å²) in [7, 11) is 1.67. The van der Waals surface area contributed by atoms with Crippen molar-refractivity contribution in [3.05, 3.63) is 54.0 Å². The van der Waals surface area contributed by atoms with E-state index in [0.29, 0.717) is 0 Å². The monoisotopic (exact) mass is 263 g/mol. The van der Waals surface area contributed by atoms with Crippen LogP contribution in [0.25, 0.3) is 0 Å². The summed E-state index contributed by atoms with van der Waals surface area (Å²) in [6.07, 6.45) is 1.69. The Kier molecular flexibility index (Phi) is 4.73. The minimum absolute atomic E-state index is 0.0267. The summed E-state index contributed by atoms with van der Waals surface area (Å²) in [5.74, 6) is 3.51. The average molecular weight is 263 g/mol. The van der Waals surface area contributed by atoms with E-state index in [0.717, 1.165) is 28.6 Å². The summed E-state index contributed by atoms with van der Waals surface area (Å²) in [6, 6.07) is 11.7. The summed E-state index contributed by atoms with van der Waals surface area (Å²) in [5, 5.41) is 0. The van der Waals surface area contributed by atoms with Gasteiger partial charge in [-0.15, -0.1) is 0 Å². The number of hydrogen-bond acceptors (Lipinski definition) is 4. The normalized spacial score (nSPS) is 12.3. The lowest BCUT2D eigenvalue weighted by atomic mass is 10.1. The third-order valence-corrected chi connectivity index (χ3v) is 3.74. The van der Waals surface area contributed by atoms with Crippen LogP contribution in [0.2, 0.25) is 0 Å². The van der Waals surface area contributed by atoms with E-state index in [1.807, 2.05) is 36.4 Å². The number of methoxy groups -OCH3 is 1. The highest BCUT2D eigenvalue weighted by Crippen LogP contribution is 2.26. The van der Waals surface area contributed by atoms with Crippen molar-refractivity contribution in [3.8, 4) is 5.75 Å². The molecule has 2 N–H and O–H groups in total. The van der Waals surface area contributed by atoms with Crippen molar-refractivity contribution in [3.63, 3.8) is 0 Å². The highest BCUT2D eigenvalue weighted by molar-refractivity contribution is 7.98. The highest BCUT2D eigenvalue weighted by atomic mass is 32.2. The van der Waals surface area contributed by atoms with Crippen molar-refractivity contribution >= 4 is 11.8 Å². The maximum Gasteiger partial charge on any atom is 0.123 e. The van der Waals surface area contributed by atoms with E-state index in [-0.39, 0.29) is 6.04 Å². The molecule has 1 atom stereocenters. The van der Waals surface area contributed by atoms with Gasteiger partial charge in [0.05, 0.1) is 19.1 Å². The lowest BCUT2D eigenvalue weighted by molar-refractivity contribution is 0.407. The number of ether oxygens (including phenoxy) is 1. The molecule has 0 amide bonds. The second kappa shape index (κ2) is 6.52. The molecule has 1 unspecified atom stereocenters. The number of furan rings is 1. The molecule has 1 heterocycles. The molecule has 1 aromatic carbocycles. The number of nitrogens with two attached hydrogens (primary N) is 1. The number of rotatable bonds is 6. The Bertz CT molecular complexity index is 470. The molecule has 0 bridgehead atoms. The molecule has 4 heteroatoms. The van der Waals surface area contributed by atoms with Crippen LogP contribution in [0.1, 0.15) is 17.4 Å². The van der Waals surface area contributed by atoms with Gasteiger partial charge in [-0.25, -0.2) is 0 Å². The predicted octanol–water partition coefficient (Wildman–Crippen LogP) is 3.22. The van der Waals surface area contributed by atoms with Crippen molar-refractivity contribution in [2.75, 3.05) is 12.9 Å². The molecule has 0 aliphatic rings. The van der Waals surface area contributed by atoms with Gasteiger partial charge in [0.25, 0.3) is 0 Å². The Hall–Kier alpha value is -1.39. The molecule has 0 radical (unpaired) electrons. The Morgan fingerprint density at radius 2 is 2.11 bits per heavy atom. The largest absolute Gasteiger partial charge is 0.496 e. The standard InChI is InChI=1S/C14H17NO2S/c1-16-14-7-3-2-6-12(14)13(15)10-18-9-11-5-4-8-17-11/h2-8,13H,9-10,15H2,1H3. The molecular weight excluding hydrogens is 246 g/mol. The van der Waals surface area contributed by atoms with Crippen LogP contribution in [0.3, 0.4) is 0 Å². The zero-order valence-electron chi connectivity index (χ0n) is 10.3. The Balaban J connectivity index is 1.89. The Morgan fingerprint density at radius 3 is 2.83 bits per heavy atom. The zero-order chi connectivity index (χ0) is 12.8. The van der Waals surface area contributed by atoms with Gasteiger partial charge >= 0.3 is 0 Å². The summed E-state index contributed by atoms with van der Waals surface area (Å²) in [4.78, 5) is 0. The smallest absolute Gasteiger partial charge is 0.123 e. The second-order valence-corrected chi connectivity index (χ2v) is 4.97. The maximum atomic E-state index is 6.18. The van der Waals surface area contributed by atoms with Crippen LogP contribution in [0.5, 0.6) is 5.75 Å². The van der Waals surface area contributed by atoms with Gasteiger partial charge in [-0.2, -0.15) is 11.8 Å². The first-order valence-electron chi connectivity index (χ1n) is 5.80. The van der Waals surface area contributed by atoms with Crippen LogP contribution in [-0.4, -0.2) is 12.9 Å². The summed E-state index contributed by atoms with van der Waals surface area (Å²) >= 11 is 1.76. The Labute approximate surface area is 111 Å². The molecule has 2 rings (SSSR count). The van der Waals surface area contributed by atoms with Gasteiger partial charge in [0, 0.05) is 17.4 Å². The fourth-order valence-corrected chi connectivity index (χ4v) is 2.66. The van der Waals surface area contributed by atoms with Gasteiger partial charge in [-0.3, -0.25) is 0 Å². The van der Waals surface area contributed by atoms with Gasteiger partial charge < -0.3 is 14.9 Å². The Morgan fingerprint density at radius 1 is 1.28 bits per heavy atom. The van der Waals surface area contributed by atoms with Crippen molar-refractivity contribution in [2.45, 2.75) is 11.8 Å². The number of para-hydroxylation sites is 1. The molecule has 1 aromatic heterocycles. The van der Waals surface area contributed by atoms with E-state index in [1.54, 1.807) is 25.1 Å². The number of thioether (sulfide) groups is 1. The molecule has 18 heavy (non-hydrogen) atoms. The van der Waals surface area contributed by atoms with E-state index in [9.17, 15) is 0 Å². The van der Waals surface area contributed by atoms with Crippen molar-refractivity contribution in [1.29, 1.82) is 0 Å². The van der Waals surface area contributed by atoms with Gasteiger partial charge in [0.15, 0.2) is 0 Å². The summed E-state index contributed by atoms with van der Waals surface area (Å²) in [5.41, 5.74) is 7.23.